The minimum Gasteiger partial charge on any atom is -0.478 e. The average Bonchev–Trinajstić information content (AvgIpc) is 2.90. The Morgan fingerprint density at radius 2 is 2.14 bits per heavy atom. The number of nitrogens with zero attached hydrogens (tertiary/aromatic N) is 3. The second kappa shape index (κ2) is 5.85. The van der Waals surface area contributed by atoms with E-state index in [0.717, 1.165) is 37.2 Å². The van der Waals surface area contributed by atoms with Crippen LogP contribution in [0.3, 0.4) is 0 Å². The molecule has 1 N–H and O–H groups in total. The molecule has 5 heteroatoms. The zero-order chi connectivity index (χ0) is 14.8. The molecular weight excluding hydrogens is 266 g/mol. The summed E-state index contributed by atoms with van der Waals surface area (Å²) in [4.78, 5) is 18.0. The largest absolute Gasteiger partial charge is 0.478 e. The molecule has 1 saturated heterocycles. The lowest BCUT2D eigenvalue weighted by molar-refractivity contribution is 0.0697. The van der Waals surface area contributed by atoms with E-state index < -0.39 is 5.97 Å². The Hall–Kier alpha value is -1.88. The summed E-state index contributed by atoms with van der Waals surface area (Å²) in [5, 5.41) is 9.12. The van der Waals surface area contributed by atoms with Gasteiger partial charge in [-0.1, -0.05) is 6.92 Å². The molecule has 1 fully saturated rings. The molecule has 0 saturated carbocycles. The van der Waals surface area contributed by atoms with Crippen LogP contribution in [-0.2, 0) is 6.54 Å². The maximum Gasteiger partial charge on any atom is 0.335 e. The van der Waals surface area contributed by atoms with E-state index in [1.807, 2.05) is 6.33 Å². The van der Waals surface area contributed by atoms with Gasteiger partial charge in [-0.15, -0.1) is 0 Å². The molecule has 0 atom stereocenters. The molecule has 0 spiro atoms. The van der Waals surface area contributed by atoms with Gasteiger partial charge in [-0.3, -0.25) is 0 Å². The molecule has 0 aliphatic carbocycles. The third kappa shape index (κ3) is 2.93. The summed E-state index contributed by atoms with van der Waals surface area (Å²) in [6.07, 6.45) is 4.24. The number of carboxylic acids is 1. The summed E-state index contributed by atoms with van der Waals surface area (Å²) >= 11 is 0. The summed E-state index contributed by atoms with van der Waals surface area (Å²) in [6, 6.07) is 5.13. The maximum absolute atomic E-state index is 11.1. The lowest BCUT2D eigenvalue weighted by Gasteiger charge is -2.31. The number of aromatic nitrogens is 2. The van der Waals surface area contributed by atoms with Gasteiger partial charge in [-0.2, -0.15) is 0 Å². The van der Waals surface area contributed by atoms with E-state index in [4.69, 9.17) is 5.11 Å². The Labute approximate surface area is 124 Å². The maximum atomic E-state index is 11.1. The van der Waals surface area contributed by atoms with Crippen LogP contribution in [0.4, 0.5) is 0 Å². The van der Waals surface area contributed by atoms with Crippen LogP contribution in [0.1, 0.15) is 30.1 Å². The van der Waals surface area contributed by atoms with Gasteiger partial charge in [-0.25, -0.2) is 9.78 Å². The van der Waals surface area contributed by atoms with E-state index >= 15 is 0 Å². The molecule has 21 heavy (non-hydrogen) atoms. The summed E-state index contributed by atoms with van der Waals surface area (Å²) in [7, 11) is 0. The van der Waals surface area contributed by atoms with E-state index in [1.54, 1.807) is 18.2 Å². The fraction of sp³-hybridized carbons (Fsp3) is 0.500. The number of hydrogen-bond acceptors (Lipinski definition) is 3. The fourth-order valence-corrected chi connectivity index (χ4v) is 3.10. The van der Waals surface area contributed by atoms with Crippen LogP contribution in [-0.4, -0.2) is 45.2 Å². The number of carbonyl (C=O) groups is 1. The number of fused-ring (bicyclic) bond motifs is 1. The molecule has 0 unspecified atom stereocenters. The number of hydrogen-bond donors (Lipinski definition) is 1. The van der Waals surface area contributed by atoms with Crippen molar-refractivity contribution in [3.05, 3.63) is 30.1 Å². The number of carboxylic acid groups (broad SMARTS) is 1. The number of benzene rings is 1. The van der Waals surface area contributed by atoms with Gasteiger partial charge in [0.05, 0.1) is 22.9 Å². The highest BCUT2D eigenvalue weighted by atomic mass is 16.4. The Morgan fingerprint density at radius 1 is 1.38 bits per heavy atom. The predicted molar refractivity (Wildman–Crippen MR) is 81.5 cm³/mol. The quantitative estimate of drug-likeness (QED) is 0.938. The highest BCUT2D eigenvalue weighted by Crippen LogP contribution is 2.22. The van der Waals surface area contributed by atoms with E-state index in [0.29, 0.717) is 11.5 Å². The van der Waals surface area contributed by atoms with Crippen LogP contribution in [0, 0.1) is 5.92 Å². The van der Waals surface area contributed by atoms with Crippen LogP contribution < -0.4 is 0 Å². The Morgan fingerprint density at radius 3 is 2.81 bits per heavy atom. The fourth-order valence-electron chi connectivity index (χ4n) is 3.10. The van der Waals surface area contributed by atoms with Crippen molar-refractivity contribution in [2.24, 2.45) is 5.92 Å². The third-order valence-corrected chi connectivity index (χ3v) is 4.48. The van der Waals surface area contributed by atoms with E-state index in [1.165, 1.54) is 12.8 Å². The van der Waals surface area contributed by atoms with E-state index in [9.17, 15) is 4.79 Å². The molecular formula is C16H21N3O2. The lowest BCUT2D eigenvalue weighted by Crippen LogP contribution is -2.34. The molecule has 0 bridgehead atoms. The average molecular weight is 287 g/mol. The standard InChI is InChI=1S/C16H21N3O2/c1-2-18-7-5-12(6-8-18)10-19-11-17-14-4-3-13(16(20)21)9-15(14)19/h3-4,9,11-12H,2,5-8,10H2,1H3,(H,20,21). The zero-order valence-electron chi connectivity index (χ0n) is 12.3. The summed E-state index contributed by atoms with van der Waals surface area (Å²) in [6.45, 7) is 6.58. The van der Waals surface area contributed by atoms with Gasteiger partial charge in [0.1, 0.15) is 0 Å². The number of likely N-dealkylation sites (tertiary alicyclic amines) is 1. The van der Waals surface area contributed by atoms with Crippen molar-refractivity contribution in [3.8, 4) is 0 Å². The first kappa shape index (κ1) is 14.1. The first-order chi connectivity index (χ1) is 10.2. The molecule has 1 aromatic heterocycles. The molecule has 1 aliphatic rings. The van der Waals surface area contributed by atoms with Crippen LogP contribution >= 0.6 is 0 Å². The van der Waals surface area contributed by atoms with Crippen molar-refractivity contribution in [2.45, 2.75) is 26.3 Å². The number of aromatic carboxylic acids is 1. The normalized spacial score (nSPS) is 17.4. The molecule has 3 rings (SSSR count). The van der Waals surface area contributed by atoms with Crippen LogP contribution in [0.2, 0.25) is 0 Å². The first-order valence-electron chi connectivity index (χ1n) is 7.58. The first-order valence-corrected chi connectivity index (χ1v) is 7.58. The second-order valence-corrected chi connectivity index (χ2v) is 5.78. The number of imidazole rings is 1. The molecule has 0 amide bonds. The van der Waals surface area contributed by atoms with Gasteiger partial charge in [0.2, 0.25) is 0 Å². The summed E-state index contributed by atoms with van der Waals surface area (Å²) in [5.74, 6) is -0.236. The van der Waals surface area contributed by atoms with E-state index in [2.05, 4.69) is 21.4 Å². The smallest absolute Gasteiger partial charge is 0.335 e. The molecule has 1 aromatic carbocycles. The van der Waals surface area contributed by atoms with Crippen molar-refractivity contribution in [2.75, 3.05) is 19.6 Å². The summed E-state index contributed by atoms with van der Waals surface area (Å²) < 4.78 is 2.11. The zero-order valence-corrected chi connectivity index (χ0v) is 12.3. The van der Waals surface area contributed by atoms with Gasteiger partial charge in [0.25, 0.3) is 0 Å². The molecule has 5 nitrogen and oxygen atoms in total. The highest BCUT2D eigenvalue weighted by Gasteiger charge is 2.19. The van der Waals surface area contributed by atoms with Crippen molar-refractivity contribution in [3.63, 3.8) is 0 Å². The Bertz CT molecular complexity index is 642. The molecule has 1 aliphatic heterocycles. The topological polar surface area (TPSA) is 58.4 Å². The minimum atomic E-state index is -0.888. The minimum absolute atomic E-state index is 0.324. The number of rotatable bonds is 4. The van der Waals surface area contributed by atoms with Gasteiger partial charge in [0, 0.05) is 6.54 Å². The van der Waals surface area contributed by atoms with Gasteiger partial charge in [-0.05, 0) is 56.6 Å². The van der Waals surface area contributed by atoms with E-state index in [-0.39, 0.29) is 0 Å². The predicted octanol–water partition coefficient (Wildman–Crippen LogP) is 2.47. The molecule has 2 heterocycles. The molecule has 0 radical (unpaired) electrons. The molecule has 2 aromatic rings. The van der Waals surface area contributed by atoms with Crippen molar-refractivity contribution < 1.29 is 9.90 Å². The summed E-state index contributed by atoms with van der Waals surface area (Å²) in [5.41, 5.74) is 2.11. The SMILES string of the molecule is CCN1CCC(Cn2cnc3ccc(C(=O)O)cc32)CC1. The molecule has 112 valence electrons. The van der Waals surface area contributed by atoms with Crippen LogP contribution in [0.5, 0.6) is 0 Å². The van der Waals surface area contributed by atoms with Crippen molar-refractivity contribution in [1.29, 1.82) is 0 Å². The van der Waals surface area contributed by atoms with Gasteiger partial charge >= 0.3 is 5.97 Å². The highest BCUT2D eigenvalue weighted by molar-refractivity contribution is 5.92. The Balaban J connectivity index is 1.78. The monoisotopic (exact) mass is 287 g/mol. The van der Waals surface area contributed by atoms with Gasteiger partial charge in [0.15, 0.2) is 0 Å². The second-order valence-electron chi connectivity index (χ2n) is 5.78. The van der Waals surface area contributed by atoms with Gasteiger partial charge < -0.3 is 14.6 Å². The van der Waals surface area contributed by atoms with Crippen molar-refractivity contribution in [1.82, 2.24) is 14.5 Å². The Kier molecular flexibility index (Phi) is 3.92. The lowest BCUT2D eigenvalue weighted by atomic mass is 9.96. The number of piperidine rings is 1. The van der Waals surface area contributed by atoms with Crippen molar-refractivity contribution >= 4 is 17.0 Å². The van der Waals surface area contributed by atoms with Crippen LogP contribution in [0.25, 0.3) is 11.0 Å². The van der Waals surface area contributed by atoms with Crippen LogP contribution in [0.15, 0.2) is 24.5 Å². The third-order valence-electron chi connectivity index (χ3n) is 4.48.